The van der Waals surface area contributed by atoms with Crippen LogP contribution < -0.4 is 14.4 Å². The number of carbonyl (C=O) groups is 2. The lowest BCUT2D eigenvalue weighted by molar-refractivity contribution is -0.136. The van der Waals surface area contributed by atoms with Gasteiger partial charge in [0.15, 0.2) is 6.10 Å². The second kappa shape index (κ2) is 10.5. The van der Waals surface area contributed by atoms with Gasteiger partial charge in [0.2, 0.25) is 0 Å². The van der Waals surface area contributed by atoms with E-state index in [1.54, 1.807) is 29.2 Å². The molecule has 158 valence electrons. The zero-order valence-corrected chi connectivity index (χ0v) is 17.0. The Morgan fingerprint density at radius 2 is 1.93 bits per heavy atom. The number of fused-ring (bicyclic) bond motifs is 1. The fourth-order valence-corrected chi connectivity index (χ4v) is 3.48. The van der Waals surface area contributed by atoms with E-state index in [1.807, 2.05) is 30.3 Å². The number of hydrogen-bond donors (Lipinski definition) is 1. The number of carboxylic acids is 1. The summed E-state index contributed by atoms with van der Waals surface area (Å²) in [6, 6.07) is 14.6. The number of unbranched alkanes of at least 4 members (excludes halogenated alkanes) is 2. The van der Waals surface area contributed by atoms with E-state index >= 15 is 0 Å². The number of carbonyl (C=O) groups excluding carboxylic acids is 1. The van der Waals surface area contributed by atoms with Crippen LogP contribution in [0, 0.1) is 0 Å². The number of anilines is 1. The number of para-hydroxylation sites is 3. The molecular formula is C24H27NO5. The molecule has 1 aliphatic heterocycles. The molecule has 1 unspecified atom stereocenters. The minimum atomic E-state index is -0.916. The van der Waals surface area contributed by atoms with Crippen LogP contribution >= 0.6 is 0 Å². The lowest BCUT2D eigenvalue weighted by atomic mass is 10.1. The van der Waals surface area contributed by atoms with Crippen LogP contribution in [-0.2, 0) is 16.0 Å². The Morgan fingerprint density at radius 1 is 1.17 bits per heavy atom. The molecule has 0 aromatic heterocycles. The highest BCUT2D eigenvalue weighted by molar-refractivity contribution is 6.00. The minimum Gasteiger partial charge on any atom is -0.493 e. The Bertz CT molecular complexity index is 895. The maximum Gasteiger partial charge on any atom is 0.307 e. The van der Waals surface area contributed by atoms with E-state index in [0.29, 0.717) is 30.0 Å². The maximum absolute atomic E-state index is 13.1. The average Bonchev–Trinajstić information content (AvgIpc) is 2.74. The van der Waals surface area contributed by atoms with Crippen LogP contribution in [0.4, 0.5) is 5.69 Å². The van der Waals surface area contributed by atoms with E-state index < -0.39 is 12.1 Å². The van der Waals surface area contributed by atoms with Crippen molar-refractivity contribution in [3.8, 4) is 11.5 Å². The number of nitrogens with zero attached hydrogens (tertiary/aromatic N) is 1. The first kappa shape index (κ1) is 21.4. The average molecular weight is 409 g/mol. The Labute approximate surface area is 176 Å². The molecule has 30 heavy (non-hydrogen) atoms. The number of benzene rings is 2. The number of rotatable bonds is 11. The van der Waals surface area contributed by atoms with Gasteiger partial charge in [0.05, 0.1) is 18.7 Å². The van der Waals surface area contributed by atoms with Crippen molar-refractivity contribution in [1.29, 1.82) is 0 Å². The van der Waals surface area contributed by atoms with Gasteiger partial charge in [-0.25, -0.2) is 0 Å². The number of allylic oxidation sites excluding steroid dienone is 1. The summed E-state index contributed by atoms with van der Waals surface area (Å²) < 4.78 is 11.8. The smallest absolute Gasteiger partial charge is 0.307 e. The van der Waals surface area contributed by atoms with Crippen molar-refractivity contribution in [2.75, 3.05) is 18.1 Å². The molecule has 1 atom stereocenters. The van der Waals surface area contributed by atoms with Crippen molar-refractivity contribution in [3.05, 3.63) is 66.7 Å². The summed E-state index contributed by atoms with van der Waals surface area (Å²) in [4.78, 5) is 25.9. The molecule has 1 aliphatic rings. The molecule has 0 bridgehead atoms. The fourth-order valence-electron chi connectivity index (χ4n) is 3.48. The second-order valence-electron chi connectivity index (χ2n) is 7.16. The summed E-state index contributed by atoms with van der Waals surface area (Å²) in [5, 5.41) is 9.05. The van der Waals surface area contributed by atoms with Crippen molar-refractivity contribution in [2.24, 2.45) is 0 Å². The highest BCUT2D eigenvalue weighted by atomic mass is 16.5. The summed E-state index contributed by atoms with van der Waals surface area (Å²) >= 11 is 0. The van der Waals surface area contributed by atoms with E-state index in [9.17, 15) is 9.59 Å². The van der Waals surface area contributed by atoms with E-state index in [-0.39, 0.29) is 18.9 Å². The van der Waals surface area contributed by atoms with Gasteiger partial charge in [-0.15, -0.1) is 6.58 Å². The van der Waals surface area contributed by atoms with Crippen LogP contribution in [0.2, 0.25) is 0 Å². The van der Waals surface area contributed by atoms with Gasteiger partial charge in [-0.3, -0.25) is 9.59 Å². The Kier molecular flexibility index (Phi) is 7.49. The lowest BCUT2D eigenvalue weighted by Gasteiger charge is -2.34. The van der Waals surface area contributed by atoms with Crippen molar-refractivity contribution >= 4 is 17.6 Å². The summed E-state index contributed by atoms with van der Waals surface area (Å²) in [6.45, 7) is 4.62. The molecule has 1 heterocycles. The second-order valence-corrected chi connectivity index (χ2v) is 7.16. The molecule has 0 saturated heterocycles. The zero-order chi connectivity index (χ0) is 21.3. The topological polar surface area (TPSA) is 76.1 Å². The maximum atomic E-state index is 13.1. The third kappa shape index (κ3) is 5.41. The van der Waals surface area contributed by atoms with Gasteiger partial charge in [0.1, 0.15) is 11.5 Å². The predicted octanol–water partition coefficient (Wildman–Crippen LogP) is 4.23. The summed E-state index contributed by atoms with van der Waals surface area (Å²) in [6.07, 6.45) is 4.30. The summed E-state index contributed by atoms with van der Waals surface area (Å²) in [5.74, 6) is 0.220. The number of aliphatic carboxylic acids is 1. The van der Waals surface area contributed by atoms with Gasteiger partial charge in [0.25, 0.3) is 5.91 Å². The first-order valence-corrected chi connectivity index (χ1v) is 10.2. The minimum absolute atomic E-state index is 0.0743. The SMILES string of the molecule is C=CCCCCN1C(=O)C(CCOc2ccccc2CC(=O)O)Oc2ccccc21. The largest absolute Gasteiger partial charge is 0.493 e. The molecule has 1 N–H and O–H groups in total. The Morgan fingerprint density at radius 3 is 2.73 bits per heavy atom. The number of carboxylic acid groups (broad SMARTS) is 1. The molecular weight excluding hydrogens is 382 g/mol. The third-order valence-corrected chi connectivity index (χ3v) is 4.96. The molecule has 0 aliphatic carbocycles. The predicted molar refractivity (Wildman–Crippen MR) is 115 cm³/mol. The van der Waals surface area contributed by atoms with E-state index in [0.717, 1.165) is 24.9 Å². The van der Waals surface area contributed by atoms with Gasteiger partial charge in [-0.1, -0.05) is 36.4 Å². The highest BCUT2D eigenvalue weighted by Gasteiger charge is 2.33. The third-order valence-electron chi connectivity index (χ3n) is 4.96. The molecule has 0 spiro atoms. The number of ether oxygens (including phenoxy) is 2. The van der Waals surface area contributed by atoms with E-state index in [1.165, 1.54) is 0 Å². The van der Waals surface area contributed by atoms with Crippen LogP contribution in [0.5, 0.6) is 11.5 Å². The van der Waals surface area contributed by atoms with Crippen LogP contribution in [0.1, 0.15) is 31.2 Å². The molecule has 6 heteroatoms. The standard InChI is InChI=1S/C24H27NO5/c1-2-3-4-9-15-25-19-11-6-8-13-21(19)30-22(24(25)28)14-16-29-20-12-7-5-10-18(20)17-23(26)27/h2,5-8,10-13,22H,1,3-4,9,14-17H2,(H,26,27). The zero-order valence-electron chi connectivity index (χ0n) is 17.0. The molecule has 6 nitrogen and oxygen atoms in total. The van der Waals surface area contributed by atoms with Crippen molar-refractivity contribution in [3.63, 3.8) is 0 Å². The van der Waals surface area contributed by atoms with E-state index in [4.69, 9.17) is 14.6 Å². The number of amides is 1. The van der Waals surface area contributed by atoms with Crippen LogP contribution in [0.3, 0.4) is 0 Å². The lowest BCUT2D eigenvalue weighted by Crippen LogP contribution is -2.46. The Balaban J connectivity index is 1.64. The van der Waals surface area contributed by atoms with Crippen molar-refractivity contribution in [2.45, 2.75) is 38.2 Å². The Hall–Kier alpha value is -3.28. The van der Waals surface area contributed by atoms with Crippen molar-refractivity contribution in [1.82, 2.24) is 0 Å². The summed E-state index contributed by atoms with van der Waals surface area (Å²) in [5.41, 5.74) is 1.40. The van der Waals surface area contributed by atoms with E-state index in [2.05, 4.69) is 6.58 Å². The molecule has 0 fully saturated rings. The van der Waals surface area contributed by atoms with Crippen molar-refractivity contribution < 1.29 is 24.2 Å². The molecule has 3 rings (SSSR count). The van der Waals surface area contributed by atoms with Gasteiger partial charge >= 0.3 is 5.97 Å². The van der Waals surface area contributed by atoms with Gasteiger partial charge in [0, 0.05) is 18.5 Å². The fraction of sp³-hybridized carbons (Fsp3) is 0.333. The first-order chi connectivity index (χ1) is 14.6. The molecule has 2 aromatic carbocycles. The summed E-state index contributed by atoms with van der Waals surface area (Å²) in [7, 11) is 0. The van der Waals surface area contributed by atoms with Crippen LogP contribution in [0.15, 0.2) is 61.2 Å². The monoisotopic (exact) mass is 409 g/mol. The van der Waals surface area contributed by atoms with Gasteiger partial charge < -0.3 is 19.5 Å². The molecule has 1 amide bonds. The molecule has 0 saturated carbocycles. The highest BCUT2D eigenvalue weighted by Crippen LogP contribution is 2.34. The van der Waals surface area contributed by atoms with Gasteiger partial charge in [-0.2, -0.15) is 0 Å². The normalized spacial score (nSPS) is 15.3. The van der Waals surface area contributed by atoms with Gasteiger partial charge in [-0.05, 0) is 37.5 Å². The number of hydrogen-bond acceptors (Lipinski definition) is 4. The molecule has 2 aromatic rings. The quantitative estimate of drug-likeness (QED) is 0.444. The molecule has 0 radical (unpaired) electrons. The van der Waals surface area contributed by atoms with Crippen LogP contribution in [0.25, 0.3) is 0 Å². The van der Waals surface area contributed by atoms with Crippen LogP contribution in [-0.4, -0.2) is 36.2 Å². The first-order valence-electron chi connectivity index (χ1n) is 10.2.